The van der Waals surface area contributed by atoms with E-state index >= 15 is 0 Å². The highest BCUT2D eigenvalue weighted by Gasteiger charge is 2.56. The number of amides is 2. The molecule has 1 aliphatic carbocycles. The molecule has 0 aromatic carbocycles. The van der Waals surface area contributed by atoms with Crippen molar-refractivity contribution >= 4 is 11.8 Å². The van der Waals surface area contributed by atoms with Crippen molar-refractivity contribution in [1.82, 2.24) is 14.8 Å². The molecule has 3 fully saturated rings. The van der Waals surface area contributed by atoms with Crippen LogP contribution < -0.4 is 0 Å². The molecule has 27 heavy (non-hydrogen) atoms. The molecule has 0 radical (unpaired) electrons. The van der Waals surface area contributed by atoms with Crippen molar-refractivity contribution in [1.29, 1.82) is 0 Å². The fourth-order valence-electron chi connectivity index (χ4n) is 4.55. The molecule has 5 nitrogen and oxygen atoms in total. The van der Waals surface area contributed by atoms with Crippen LogP contribution in [0.15, 0.2) is 18.2 Å². The number of rotatable bonds is 3. The second kappa shape index (κ2) is 6.53. The third kappa shape index (κ3) is 3.69. The smallest absolute Gasteiger partial charge is 0.266 e. The Morgan fingerprint density at radius 3 is 2.78 bits per heavy atom. The molecule has 146 valence electrons. The van der Waals surface area contributed by atoms with Crippen molar-refractivity contribution < 1.29 is 18.4 Å². The van der Waals surface area contributed by atoms with Gasteiger partial charge in [-0.05, 0) is 44.7 Å². The van der Waals surface area contributed by atoms with E-state index in [1.54, 1.807) is 4.90 Å². The molecular formula is C20H25F2N3O2. The van der Waals surface area contributed by atoms with Gasteiger partial charge in [-0.3, -0.25) is 14.6 Å². The van der Waals surface area contributed by atoms with Crippen molar-refractivity contribution in [2.24, 2.45) is 11.3 Å². The first-order chi connectivity index (χ1) is 12.8. The van der Waals surface area contributed by atoms with E-state index < -0.39 is 24.3 Å². The largest absolute Gasteiger partial charge is 0.336 e. The highest BCUT2D eigenvalue weighted by Crippen LogP contribution is 2.46. The van der Waals surface area contributed by atoms with Gasteiger partial charge in [-0.2, -0.15) is 0 Å². The number of aryl methyl sites for hydroxylation is 1. The fraction of sp³-hybridized carbons (Fsp3) is 0.650. The molecule has 2 amide bonds. The van der Waals surface area contributed by atoms with E-state index in [1.165, 1.54) is 4.90 Å². The maximum atomic E-state index is 14.5. The van der Waals surface area contributed by atoms with Crippen LogP contribution in [-0.2, 0) is 16.1 Å². The Balaban J connectivity index is 1.56. The molecule has 4 rings (SSSR count). The van der Waals surface area contributed by atoms with Gasteiger partial charge in [0.1, 0.15) is 0 Å². The van der Waals surface area contributed by atoms with Crippen molar-refractivity contribution in [3.63, 3.8) is 0 Å². The molecule has 0 bridgehead atoms. The van der Waals surface area contributed by atoms with Gasteiger partial charge < -0.3 is 9.80 Å². The molecular weight excluding hydrogens is 352 g/mol. The predicted molar refractivity (Wildman–Crippen MR) is 94.9 cm³/mol. The van der Waals surface area contributed by atoms with Gasteiger partial charge in [-0.1, -0.05) is 6.07 Å². The number of carbonyl (C=O) groups is 2. The van der Waals surface area contributed by atoms with Crippen molar-refractivity contribution in [2.45, 2.75) is 51.5 Å². The molecule has 7 heteroatoms. The second-order valence-corrected chi connectivity index (χ2v) is 8.38. The van der Waals surface area contributed by atoms with Gasteiger partial charge in [0.05, 0.1) is 24.2 Å². The van der Waals surface area contributed by atoms with Gasteiger partial charge >= 0.3 is 0 Å². The van der Waals surface area contributed by atoms with E-state index in [1.807, 2.05) is 25.1 Å². The lowest BCUT2D eigenvalue weighted by molar-refractivity contribution is -0.175. The monoisotopic (exact) mass is 377 g/mol. The van der Waals surface area contributed by atoms with Crippen LogP contribution in [0.5, 0.6) is 0 Å². The number of likely N-dealkylation sites (tertiary alicyclic amines) is 2. The quantitative estimate of drug-likeness (QED) is 0.814. The van der Waals surface area contributed by atoms with Crippen molar-refractivity contribution in [3.8, 4) is 0 Å². The second-order valence-electron chi connectivity index (χ2n) is 8.38. The van der Waals surface area contributed by atoms with E-state index in [9.17, 15) is 18.4 Å². The Hall–Kier alpha value is -2.05. The summed E-state index contributed by atoms with van der Waals surface area (Å²) in [7, 11) is 0. The minimum Gasteiger partial charge on any atom is -0.336 e. The first-order valence-corrected chi connectivity index (χ1v) is 9.67. The zero-order chi connectivity index (χ0) is 19.2. The Morgan fingerprint density at radius 2 is 2.07 bits per heavy atom. The number of nitrogens with zero attached hydrogens (tertiary/aromatic N) is 3. The predicted octanol–water partition coefficient (Wildman–Crippen LogP) is 2.78. The number of aromatic nitrogens is 1. The summed E-state index contributed by atoms with van der Waals surface area (Å²) in [5.74, 6) is -3.62. The first-order valence-electron chi connectivity index (χ1n) is 9.67. The lowest BCUT2D eigenvalue weighted by Crippen LogP contribution is -2.62. The molecule has 2 saturated heterocycles. The van der Waals surface area contributed by atoms with Crippen molar-refractivity contribution in [2.75, 3.05) is 19.6 Å². The SMILES string of the molecule is Cc1cccc(CN2CCCC3(CN(C(=O)C4CC4)CC(F)(F)C3)C2=O)n1. The third-order valence-electron chi connectivity index (χ3n) is 5.87. The van der Waals surface area contributed by atoms with Gasteiger partial charge in [0.15, 0.2) is 0 Å². The maximum Gasteiger partial charge on any atom is 0.266 e. The van der Waals surface area contributed by atoms with Crippen LogP contribution in [0.2, 0.25) is 0 Å². The van der Waals surface area contributed by atoms with Crippen LogP contribution in [0.1, 0.15) is 43.5 Å². The molecule has 1 aromatic rings. The minimum absolute atomic E-state index is 0.120. The van der Waals surface area contributed by atoms with E-state index in [-0.39, 0.29) is 24.3 Å². The molecule has 1 spiro atoms. The van der Waals surface area contributed by atoms with Crippen LogP contribution in [0, 0.1) is 18.3 Å². The number of piperidine rings is 2. The lowest BCUT2D eigenvalue weighted by atomic mass is 9.71. The number of hydrogen-bond donors (Lipinski definition) is 0. The normalized spacial score (nSPS) is 27.9. The number of alkyl halides is 2. The number of hydrogen-bond acceptors (Lipinski definition) is 3. The van der Waals surface area contributed by atoms with Gasteiger partial charge in [0.2, 0.25) is 11.8 Å². The first kappa shape index (κ1) is 18.3. The summed E-state index contributed by atoms with van der Waals surface area (Å²) in [6.45, 7) is 2.31. The molecule has 2 aliphatic heterocycles. The summed E-state index contributed by atoms with van der Waals surface area (Å²) in [5.41, 5.74) is 0.444. The van der Waals surface area contributed by atoms with E-state index in [0.717, 1.165) is 24.2 Å². The van der Waals surface area contributed by atoms with Crippen LogP contribution in [0.4, 0.5) is 8.78 Å². The topological polar surface area (TPSA) is 53.5 Å². The van der Waals surface area contributed by atoms with Crippen LogP contribution in [0.25, 0.3) is 0 Å². The minimum atomic E-state index is -3.02. The molecule has 1 saturated carbocycles. The van der Waals surface area contributed by atoms with E-state index in [2.05, 4.69) is 4.98 Å². The van der Waals surface area contributed by atoms with Gasteiger partial charge in [0.25, 0.3) is 5.92 Å². The van der Waals surface area contributed by atoms with Gasteiger partial charge in [0, 0.05) is 31.1 Å². The fourth-order valence-corrected chi connectivity index (χ4v) is 4.55. The van der Waals surface area contributed by atoms with E-state index in [4.69, 9.17) is 0 Å². The Morgan fingerprint density at radius 1 is 1.30 bits per heavy atom. The van der Waals surface area contributed by atoms with E-state index in [0.29, 0.717) is 25.9 Å². The van der Waals surface area contributed by atoms with Crippen LogP contribution >= 0.6 is 0 Å². The van der Waals surface area contributed by atoms with Crippen molar-refractivity contribution in [3.05, 3.63) is 29.6 Å². The highest BCUT2D eigenvalue weighted by molar-refractivity contribution is 5.86. The molecule has 1 aromatic heterocycles. The van der Waals surface area contributed by atoms with Crippen LogP contribution in [0.3, 0.4) is 0 Å². The summed E-state index contributed by atoms with van der Waals surface area (Å²) in [6.07, 6.45) is 2.15. The third-order valence-corrected chi connectivity index (χ3v) is 5.87. The summed E-state index contributed by atoms with van der Waals surface area (Å²) in [6, 6.07) is 5.61. The number of pyridine rings is 1. The maximum absolute atomic E-state index is 14.5. The van der Waals surface area contributed by atoms with Crippen LogP contribution in [-0.4, -0.2) is 52.2 Å². The highest BCUT2D eigenvalue weighted by atomic mass is 19.3. The standard InChI is InChI=1S/C20H25F2N3O2/c1-14-4-2-5-16(23-14)10-24-9-3-8-19(18(24)27)11-20(21,22)13-25(12-19)17(26)15-6-7-15/h2,4-5,15H,3,6-13H2,1H3. The summed E-state index contributed by atoms with van der Waals surface area (Å²) >= 11 is 0. The Labute approximate surface area is 157 Å². The zero-order valence-electron chi connectivity index (χ0n) is 15.6. The zero-order valence-corrected chi connectivity index (χ0v) is 15.6. The lowest BCUT2D eigenvalue weighted by Gasteiger charge is -2.49. The molecule has 0 N–H and O–H groups in total. The molecule has 3 aliphatic rings. The summed E-state index contributed by atoms with van der Waals surface area (Å²) in [5, 5.41) is 0. The molecule has 1 atom stereocenters. The molecule has 1 unspecified atom stereocenters. The molecule has 3 heterocycles. The Bertz CT molecular complexity index is 765. The average molecular weight is 377 g/mol. The Kier molecular flexibility index (Phi) is 4.43. The van der Waals surface area contributed by atoms with Gasteiger partial charge in [-0.15, -0.1) is 0 Å². The summed E-state index contributed by atoms with van der Waals surface area (Å²) < 4.78 is 29.1. The number of carbonyl (C=O) groups excluding carboxylic acids is 2. The number of halogens is 2. The average Bonchev–Trinajstić information content (AvgIpc) is 3.42. The van der Waals surface area contributed by atoms with Gasteiger partial charge in [-0.25, -0.2) is 8.78 Å². The summed E-state index contributed by atoms with van der Waals surface area (Å²) in [4.78, 5) is 33.0.